The molecule has 1 rings (SSSR count). The molecular formula is C17H27NO3S. The summed E-state index contributed by atoms with van der Waals surface area (Å²) in [7, 11) is -3.03. The third-order valence-electron chi connectivity index (χ3n) is 3.47. The van der Waals surface area contributed by atoms with Gasteiger partial charge < -0.3 is 5.32 Å². The molecular weight excluding hydrogens is 298 g/mol. The number of benzene rings is 1. The molecule has 1 aromatic rings. The van der Waals surface area contributed by atoms with Crippen molar-refractivity contribution in [1.29, 1.82) is 0 Å². The summed E-state index contributed by atoms with van der Waals surface area (Å²) in [5, 5.41) is 2.40. The zero-order chi connectivity index (χ0) is 16.8. The van der Waals surface area contributed by atoms with Gasteiger partial charge in [-0.25, -0.2) is 8.42 Å². The largest absolute Gasteiger partial charge is 0.352 e. The maximum atomic E-state index is 12.0. The summed E-state index contributed by atoms with van der Waals surface area (Å²) in [6, 6.07) is 7.58. The van der Waals surface area contributed by atoms with E-state index in [-0.39, 0.29) is 16.9 Å². The number of sulfone groups is 1. The van der Waals surface area contributed by atoms with Crippen molar-refractivity contribution in [3.05, 3.63) is 35.4 Å². The maximum absolute atomic E-state index is 12.0. The van der Waals surface area contributed by atoms with Crippen LogP contribution in [0.5, 0.6) is 0 Å². The lowest BCUT2D eigenvalue weighted by Gasteiger charge is -2.09. The molecule has 0 aliphatic heterocycles. The fraction of sp³-hybridized carbons (Fsp3) is 0.588. The summed E-state index contributed by atoms with van der Waals surface area (Å²) in [6.45, 7) is 8.04. The highest BCUT2D eigenvalue weighted by atomic mass is 32.2. The lowest BCUT2D eigenvalue weighted by Crippen LogP contribution is -2.27. The van der Waals surface area contributed by atoms with Gasteiger partial charge in [0.05, 0.1) is 11.0 Å². The average molecular weight is 325 g/mol. The fourth-order valence-electron chi connectivity index (χ4n) is 2.08. The average Bonchev–Trinajstić information content (AvgIpc) is 2.43. The topological polar surface area (TPSA) is 63.2 Å². The van der Waals surface area contributed by atoms with Crippen molar-refractivity contribution in [3.63, 3.8) is 0 Å². The highest BCUT2D eigenvalue weighted by Gasteiger charge is 2.15. The molecule has 4 nitrogen and oxygen atoms in total. The van der Waals surface area contributed by atoms with E-state index in [2.05, 4.69) is 19.2 Å². The van der Waals surface area contributed by atoms with E-state index < -0.39 is 9.84 Å². The molecule has 0 atom stereocenters. The van der Waals surface area contributed by atoms with Crippen LogP contribution < -0.4 is 5.32 Å². The van der Waals surface area contributed by atoms with Gasteiger partial charge in [-0.2, -0.15) is 0 Å². The van der Waals surface area contributed by atoms with Crippen LogP contribution in [0.3, 0.4) is 0 Å². The molecule has 1 amide bonds. The molecule has 22 heavy (non-hydrogen) atoms. The first-order valence-electron chi connectivity index (χ1n) is 7.81. The number of carbonyl (C=O) groups excluding carboxylic acids is 1. The van der Waals surface area contributed by atoms with Crippen LogP contribution in [0.2, 0.25) is 0 Å². The van der Waals surface area contributed by atoms with Crippen LogP contribution in [0.15, 0.2) is 24.3 Å². The number of hydrogen-bond donors (Lipinski definition) is 1. The predicted molar refractivity (Wildman–Crippen MR) is 90.9 cm³/mol. The van der Waals surface area contributed by atoms with E-state index >= 15 is 0 Å². The van der Waals surface area contributed by atoms with Crippen LogP contribution >= 0.6 is 0 Å². The van der Waals surface area contributed by atoms with E-state index in [1.807, 2.05) is 24.3 Å². The summed E-state index contributed by atoms with van der Waals surface area (Å²) in [4.78, 5) is 12.0. The molecule has 5 heteroatoms. The summed E-state index contributed by atoms with van der Waals surface area (Å²) in [5.74, 6) is 0.541. The van der Waals surface area contributed by atoms with Gasteiger partial charge in [-0.05, 0) is 50.3 Å². The number of nitrogens with one attached hydrogen (secondary N) is 1. The molecule has 0 unspecified atom stereocenters. The zero-order valence-electron chi connectivity index (χ0n) is 13.9. The van der Waals surface area contributed by atoms with Crippen molar-refractivity contribution >= 4 is 15.7 Å². The molecule has 0 aromatic heterocycles. The van der Waals surface area contributed by atoms with Crippen LogP contribution in [-0.4, -0.2) is 31.9 Å². The molecule has 0 saturated carbocycles. The molecule has 0 aliphatic rings. The Balaban J connectivity index is 2.43. The minimum absolute atomic E-state index is 0.109. The molecule has 1 N–H and O–H groups in total. The quantitative estimate of drug-likeness (QED) is 0.748. The Morgan fingerprint density at radius 3 is 2.18 bits per heavy atom. The van der Waals surface area contributed by atoms with Gasteiger partial charge in [-0.1, -0.05) is 26.0 Å². The first-order chi connectivity index (χ1) is 10.2. The Morgan fingerprint density at radius 1 is 1.09 bits per heavy atom. The van der Waals surface area contributed by atoms with E-state index in [9.17, 15) is 13.2 Å². The van der Waals surface area contributed by atoms with E-state index in [1.54, 1.807) is 13.8 Å². The van der Waals surface area contributed by atoms with E-state index in [0.29, 0.717) is 24.4 Å². The lowest BCUT2D eigenvalue weighted by atomic mass is 10.0. The Hall–Kier alpha value is -1.36. The highest BCUT2D eigenvalue weighted by molar-refractivity contribution is 7.91. The van der Waals surface area contributed by atoms with Crippen molar-refractivity contribution in [3.8, 4) is 0 Å². The smallest absolute Gasteiger partial charge is 0.251 e. The van der Waals surface area contributed by atoms with Gasteiger partial charge in [0.2, 0.25) is 0 Å². The van der Waals surface area contributed by atoms with Gasteiger partial charge in [0, 0.05) is 12.1 Å². The Bertz CT molecular complexity index is 574. The van der Waals surface area contributed by atoms with Crippen molar-refractivity contribution < 1.29 is 13.2 Å². The summed E-state index contributed by atoms with van der Waals surface area (Å²) in [5.41, 5.74) is 1.83. The number of amides is 1. The number of hydrogen-bond acceptors (Lipinski definition) is 3. The molecule has 124 valence electrons. The third kappa shape index (κ3) is 6.18. The van der Waals surface area contributed by atoms with Gasteiger partial charge in [0.25, 0.3) is 5.91 Å². The minimum Gasteiger partial charge on any atom is -0.352 e. The molecule has 0 saturated heterocycles. The maximum Gasteiger partial charge on any atom is 0.251 e. The number of rotatable bonds is 8. The van der Waals surface area contributed by atoms with Crippen LogP contribution in [0.1, 0.15) is 50.0 Å². The van der Waals surface area contributed by atoms with Crippen LogP contribution in [0.25, 0.3) is 0 Å². The van der Waals surface area contributed by atoms with Gasteiger partial charge in [0.15, 0.2) is 9.84 Å². The molecule has 0 heterocycles. The molecule has 0 radical (unpaired) electrons. The van der Waals surface area contributed by atoms with Gasteiger partial charge in [-0.15, -0.1) is 0 Å². The summed E-state index contributed by atoms with van der Waals surface area (Å²) >= 11 is 0. The van der Waals surface area contributed by atoms with Crippen molar-refractivity contribution in [1.82, 2.24) is 5.32 Å². The fourth-order valence-corrected chi connectivity index (χ4v) is 3.09. The highest BCUT2D eigenvalue weighted by Crippen LogP contribution is 2.10. The molecule has 0 spiro atoms. The second-order valence-electron chi connectivity index (χ2n) is 6.32. The predicted octanol–water partition coefficient (Wildman–Crippen LogP) is 2.83. The van der Waals surface area contributed by atoms with Gasteiger partial charge >= 0.3 is 0 Å². The lowest BCUT2D eigenvalue weighted by molar-refractivity contribution is 0.0953. The van der Waals surface area contributed by atoms with E-state index in [1.165, 1.54) is 5.56 Å². The van der Waals surface area contributed by atoms with Crippen molar-refractivity contribution in [2.75, 3.05) is 12.3 Å². The van der Waals surface area contributed by atoms with Crippen molar-refractivity contribution in [2.45, 2.75) is 45.8 Å². The van der Waals surface area contributed by atoms with Crippen molar-refractivity contribution in [2.24, 2.45) is 5.92 Å². The standard InChI is InChI=1S/C17H27NO3S/c1-13(2)12-15-6-8-16(9-7-15)17(19)18-10-5-11-22(20,21)14(3)4/h6-9,13-14H,5,10-12H2,1-4H3,(H,18,19). The molecule has 0 fully saturated rings. The number of carbonyl (C=O) groups is 1. The Labute approximate surface area is 134 Å². The Kier molecular flexibility index (Phi) is 7.07. The zero-order valence-corrected chi connectivity index (χ0v) is 14.7. The van der Waals surface area contributed by atoms with Gasteiger partial charge in [-0.3, -0.25) is 4.79 Å². The third-order valence-corrected chi connectivity index (χ3v) is 5.76. The van der Waals surface area contributed by atoms with Gasteiger partial charge in [0.1, 0.15) is 0 Å². The van der Waals surface area contributed by atoms with E-state index in [0.717, 1.165) is 6.42 Å². The molecule has 0 bridgehead atoms. The molecule has 0 aliphatic carbocycles. The van der Waals surface area contributed by atoms with Crippen LogP contribution in [0.4, 0.5) is 0 Å². The summed E-state index contributed by atoms with van der Waals surface area (Å²) < 4.78 is 23.3. The molecule has 1 aromatic carbocycles. The van der Waals surface area contributed by atoms with E-state index in [4.69, 9.17) is 0 Å². The SMILES string of the molecule is CC(C)Cc1ccc(C(=O)NCCCS(=O)(=O)C(C)C)cc1. The normalized spacial score (nSPS) is 11.9. The Morgan fingerprint density at radius 2 is 1.68 bits per heavy atom. The minimum atomic E-state index is -3.03. The monoisotopic (exact) mass is 325 g/mol. The first-order valence-corrected chi connectivity index (χ1v) is 9.52. The van der Waals surface area contributed by atoms with Crippen LogP contribution in [-0.2, 0) is 16.3 Å². The second kappa shape index (κ2) is 8.32. The summed E-state index contributed by atoms with van der Waals surface area (Å²) in [6.07, 6.45) is 1.44. The first kappa shape index (κ1) is 18.7. The second-order valence-corrected chi connectivity index (χ2v) is 9.00. The van der Waals surface area contributed by atoms with Crippen LogP contribution in [0, 0.1) is 5.92 Å².